The van der Waals surface area contributed by atoms with Crippen molar-refractivity contribution in [2.45, 2.75) is 45.3 Å². The van der Waals surface area contributed by atoms with Crippen LogP contribution in [0.25, 0.3) is 33.1 Å². The molecule has 0 amide bonds. The van der Waals surface area contributed by atoms with Gasteiger partial charge in [0.2, 0.25) is 5.95 Å². The van der Waals surface area contributed by atoms with Crippen molar-refractivity contribution in [3.05, 3.63) is 108 Å². The molecule has 46 heavy (non-hydrogen) atoms. The van der Waals surface area contributed by atoms with Gasteiger partial charge in [0.25, 0.3) is 0 Å². The summed E-state index contributed by atoms with van der Waals surface area (Å²) in [6.07, 6.45) is 7.25. The van der Waals surface area contributed by atoms with E-state index in [0.717, 1.165) is 63.0 Å². The molecule has 3 heterocycles. The van der Waals surface area contributed by atoms with Crippen LogP contribution in [0.3, 0.4) is 0 Å². The smallest absolute Gasteiger partial charge is 0.310 e. The van der Waals surface area contributed by atoms with Crippen LogP contribution in [0, 0.1) is 5.41 Å². The number of anilines is 1. The zero-order valence-electron chi connectivity index (χ0n) is 26.1. The zero-order chi connectivity index (χ0) is 31.7. The summed E-state index contributed by atoms with van der Waals surface area (Å²) < 4.78 is 8.33. The van der Waals surface area contributed by atoms with E-state index in [0.29, 0.717) is 44.1 Å². The third-order valence-electron chi connectivity index (χ3n) is 9.02. The van der Waals surface area contributed by atoms with E-state index in [2.05, 4.69) is 44.9 Å². The topological polar surface area (TPSA) is 106 Å². The van der Waals surface area contributed by atoms with Crippen LogP contribution in [-0.2, 0) is 24.4 Å². The Kier molecular flexibility index (Phi) is 7.82. The molecule has 1 fully saturated rings. The number of fused-ring (bicyclic) bond motifs is 2. The first-order chi connectivity index (χ1) is 22.4. The van der Waals surface area contributed by atoms with E-state index in [1.54, 1.807) is 0 Å². The van der Waals surface area contributed by atoms with Gasteiger partial charge in [-0.05, 0) is 48.2 Å². The molecule has 0 unspecified atom stereocenters. The van der Waals surface area contributed by atoms with Crippen LogP contribution >= 0.6 is 0 Å². The molecule has 0 saturated heterocycles. The van der Waals surface area contributed by atoms with E-state index in [4.69, 9.17) is 14.7 Å². The number of aliphatic carboxylic acids is 1. The largest absolute Gasteiger partial charge is 0.487 e. The number of ether oxygens (including phenoxy) is 1. The molecular formula is C37H36N6O3. The predicted octanol–water partition coefficient (Wildman–Crippen LogP) is 6.92. The number of pyridine rings is 1. The third-order valence-corrected chi connectivity index (χ3v) is 9.02. The van der Waals surface area contributed by atoms with E-state index in [1.807, 2.05) is 79.9 Å². The van der Waals surface area contributed by atoms with Crippen LogP contribution in [0.15, 0.2) is 91.3 Å². The molecule has 3 aromatic heterocycles. The van der Waals surface area contributed by atoms with Gasteiger partial charge in [0.1, 0.15) is 18.2 Å². The van der Waals surface area contributed by atoms with Gasteiger partial charge < -0.3 is 19.3 Å². The molecule has 3 aromatic carbocycles. The summed E-state index contributed by atoms with van der Waals surface area (Å²) >= 11 is 0. The quantitative estimate of drug-likeness (QED) is 0.178. The molecule has 1 N–H and O–H groups in total. The summed E-state index contributed by atoms with van der Waals surface area (Å²) in [5, 5.41) is 11.4. The second-order valence-electron chi connectivity index (χ2n) is 12.4. The highest BCUT2D eigenvalue weighted by Gasteiger charge is 2.42. The average molecular weight is 613 g/mol. The lowest BCUT2D eigenvalue weighted by Crippen LogP contribution is -2.31. The summed E-state index contributed by atoms with van der Waals surface area (Å²) in [7, 11) is 3.83. The van der Waals surface area contributed by atoms with Crippen molar-refractivity contribution in [2.75, 3.05) is 19.0 Å². The van der Waals surface area contributed by atoms with Gasteiger partial charge in [-0.1, -0.05) is 61.4 Å². The van der Waals surface area contributed by atoms with Gasteiger partial charge in [-0.15, -0.1) is 0 Å². The van der Waals surface area contributed by atoms with Crippen molar-refractivity contribution in [2.24, 2.45) is 5.41 Å². The van der Waals surface area contributed by atoms with Crippen molar-refractivity contribution in [1.29, 1.82) is 0 Å². The van der Waals surface area contributed by atoms with Crippen molar-refractivity contribution < 1.29 is 14.6 Å². The van der Waals surface area contributed by atoms with Crippen LogP contribution < -0.4 is 9.64 Å². The number of carbonyl (C=O) groups is 1. The van der Waals surface area contributed by atoms with Gasteiger partial charge in [-0.2, -0.15) is 0 Å². The highest BCUT2D eigenvalue weighted by molar-refractivity contribution is 5.80. The Hall–Kier alpha value is -5.31. The van der Waals surface area contributed by atoms with Crippen LogP contribution in [0.5, 0.6) is 5.75 Å². The van der Waals surface area contributed by atoms with Crippen LogP contribution in [0.1, 0.15) is 42.8 Å². The molecule has 9 heteroatoms. The monoisotopic (exact) mass is 612 g/mol. The molecule has 0 spiro atoms. The number of carboxylic acid groups (broad SMARTS) is 1. The number of benzene rings is 3. The molecule has 232 valence electrons. The minimum atomic E-state index is -0.789. The van der Waals surface area contributed by atoms with Gasteiger partial charge in [-0.25, -0.2) is 19.9 Å². The fourth-order valence-corrected chi connectivity index (χ4v) is 6.41. The molecule has 0 atom stereocenters. The Balaban J connectivity index is 1.17. The van der Waals surface area contributed by atoms with Crippen LogP contribution in [-0.4, -0.2) is 49.7 Å². The second-order valence-corrected chi connectivity index (χ2v) is 12.4. The Morgan fingerprint density at radius 2 is 1.65 bits per heavy atom. The number of hydrogen-bond donors (Lipinski definition) is 1. The molecule has 1 saturated carbocycles. The minimum Gasteiger partial charge on any atom is -0.487 e. The van der Waals surface area contributed by atoms with Crippen molar-refractivity contribution in [3.8, 4) is 16.9 Å². The third kappa shape index (κ3) is 5.88. The number of imidazole rings is 1. The van der Waals surface area contributed by atoms with Gasteiger partial charge in [0.15, 0.2) is 0 Å². The molecule has 1 aliphatic rings. The number of rotatable bonds is 10. The lowest BCUT2D eigenvalue weighted by atomic mass is 9.82. The molecule has 6 aromatic rings. The van der Waals surface area contributed by atoms with Crippen molar-refractivity contribution >= 4 is 33.9 Å². The molecular weight excluding hydrogens is 576 g/mol. The Morgan fingerprint density at radius 1 is 0.891 bits per heavy atom. The maximum absolute atomic E-state index is 12.5. The summed E-state index contributed by atoms with van der Waals surface area (Å²) in [6.45, 7) is 0.903. The number of carboxylic acids is 1. The molecule has 9 nitrogen and oxygen atoms in total. The Labute approximate surface area is 267 Å². The van der Waals surface area contributed by atoms with Gasteiger partial charge in [-0.3, -0.25) is 4.79 Å². The van der Waals surface area contributed by atoms with Gasteiger partial charge >= 0.3 is 5.97 Å². The second kappa shape index (κ2) is 12.2. The van der Waals surface area contributed by atoms with Crippen molar-refractivity contribution in [3.63, 3.8) is 0 Å². The van der Waals surface area contributed by atoms with E-state index < -0.39 is 11.4 Å². The number of aromatic nitrogens is 5. The average Bonchev–Trinajstić information content (AvgIpc) is 3.69. The highest BCUT2D eigenvalue weighted by Crippen LogP contribution is 2.42. The molecule has 0 radical (unpaired) electrons. The SMILES string of the molecule is CN(C)c1ncc(-c2ccc(Cn3c(CC4(C(=O)O)CCCC4)nc4cc(OCc5ccc6ccccc6n5)ccc43)cc2)cn1. The van der Waals surface area contributed by atoms with Gasteiger partial charge in [0.05, 0.1) is 27.7 Å². The lowest BCUT2D eigenvalue weighted by Gasteiger charge is -2.24. The first-order valence-electron chi connectivity index (χ1n) is 15.7. The highest BCUT2D eigenvalue weighted by atomic mass is 16.5. The fraction of sp³-hybridized carbons (Fsp3) is 0.270. The summed E-state index contributed by atoms with van der Waals surface area (Å²) in [4.78, 5) is 33.0. The fourth-order valence-electron chi connectivity index (χ4n) is 6.41. The summed E-state index contributed by atoms with van der Waals surface area (Å²) in [5.41, 5.74) is 5.79. The molecule has 7 rings (SSSR count). The maximum atomic E-state index is 12.5. The van der Waals surface area contributed by atoms with Crippen LogP contribution in [0.2, 0.25) is 0 Å². The van der Waals surface area contributed by atoms with E-state index >= 15 is 0 Å². The summed E-state index contributed by atoms with van der Waals surface area (Å²) in [6, 6.07) is 26.3. The van der Waals surface area contributed by atoms with E-state index in [1.165, 1.54) is 0 Å². The predicted molar refractivity (Wildman–Crippen MR) is 179 cm³/mol. The van der Waals surface area contributed by atoms with Gasteiger partial charge in [0, 0.05) is 56.5 Å². The zero-order valence-corrected chi connectivity index (χ0v) is 26.1. The Morgan fingerprint density at radius 3 is 2.39 bits per heavy atom. The number of hydrogen-bond acceptors (Lipinski definition) is 7. The van der Waals surface area contributed by atoms with Crippen LogP contribution in [0.4, 0.5) is 5.95 Å². The number of nitrogens with zero attached hydrogens (tertiary/aromatic N) is 6. The molecule has 1 aliphatic carbocycles. The minimum absolute atomic E-state index is 0.335. The number of para-hydroxylation sites is 1. The molecule has 0 aliphatic heterocycles. The maximum Gasteiger partial charge on any atom is 0.310 e. The van der Waals surface area contributed by atoms with Crippen molar-refractivity contribution in [1.82, 2.24) is 24.5 Å². The summed E-state index contributed by atoms with van der Waals surface area (Å²) in [5.74, 6) is 1.41. The lowest BCUT2D eigenvalue weighted by molar-refractivity contribution is -0.148. The van der Waals surface area contributed by atoms with E-state index in [9.17, 15) is 9.90 Å². The normalized spacial score (nSPS) is 14.1. The molecule has 0 bridgehead atoms. The standard InChI is InChI=1S/C37H36N6O3/c1-42(2)36-38-21-28(22-39-36)26-11-9-25(10-12-26)23-43-33-16-15-30(46-24-29-14-13-27-7-3-4-8-31(27)40-29)19-32(33)41-34(43)20-37(35(44)45)17-5-6-18-37/h3-4,7-16,19,21-22H,5-6,17-18,20,23-24H2,1-2H3,(H,44,45). The first-order valence-corrected chi connectivity index (χ1v) is 15.7. The first kappa shape index (κ1) is 29.4. The van der Waals surface area contributed by atoms with E-state index in [-0.39, 0.29) is 0 Å². The Bertz CT molecular complexity index is 2010.